The summed E-state index contributed by atoms with van der Waals surface area (Å²) in [5.74, 6) is 1.13. The van der Waals surface area contributed by atoms with E-state index in [2.05, 4.69) is 72.8 Å². The van der Waals surface area contributed by atoms with E-state index in [-0.39, 0.29) is 0 Å². The molecule has 0 fully saturated rings. The predicted molar refractivity (Wildman–Crippen MR) is 84.8 cm³/mol. The second kappa shape index (κ2) is 5.94. The monoisotopic (exact) mass is 264 g/mol. The van der Waals surface area contributed by atoms with E-state index in [1.807, 2.05) is 11.8 Å². The maximum Gasteiger partial charge on any atom is 0.00720 e. The summed E-state index contributed by atoms with van der Waals surface area (Å²) in [6.07, 6.45) is 1.12. The fourth-order valence-corrected chi connectivity index (χ4v) is 3.12. The van der Waals surface area contributed by atoms with Crippen molar-refractivity contribution in [1.29, 1.82) is 0 Å². The Labute approximate surface area is 118 Å². The molecule has 0 aliphatic heterocycles. The molecule has 0 aliphatic rings. The van der Waals surface area contributed by atoms with Crippen molar-refractivity contribution < 1.29 is 0 Å². The summed E-state index contributed by atoms with van der Waals surface area (Å²) in [4.78, 5) is 1.35. The van der Waals surface area contributed by atoms with Crippen LogP contribution in [0.5, 0.6) is 0 Å². The molecule has 1 heteroatoms. The van der Waals surface area contributed by atoms with Gasteiger partial charge in [0.2, 0.25) is 0 Å². The lowest BCUT2D eigenvalue weighted by Crippen LogP contribution is -1.88. The number of hydrogen-bond acceptors (Lipinski definition) is 1. The summed E-state index contributed by atoms with van der Waals surface area (Å²) < 4.78 is 0. The average Bonchev–Trinajstić information content (AvgIpc) is 2.48. The molecule has 0 N–H and O–H groups in total. The number of fused-ring (bicyclic) bond motifs is 1. The maximum absolute atomic E-state index is 2.31. The van der Waals surface area contributed by atoms with Crippen molar-refractivity contribution in [3.05, 3.63) is 78.4 Å². The Morgan fingerprint density at radius 1 is 0.684 bits per heavy atom. The average molecular weight is 264 g/mol. The molecule has 3 aromatic rings. The van der Waals surface area contributed by atoms with Crippen LogP contribution in [0.3, 0.4) is 0 Å². The van der Waals surface area contributed by atoms with Crippen LogP contribution in [0.2, 0.25) is 0 Å². The molecule has 0 unspecified atom stereocenters. The molecule has 94 valence electrons. The summed E-state index contributed by atoms with van der Waals surface area (Å²) in [5.41, 5.74) is 1.42. The van der Waals surface area contributed by atoms with Gasteiger partial charge in [0.05, 0.1) is 0 Å². The Kier molecular flexibility index (Phi) is 3.85. The molecule has 3 aromatic carbocycles. The number of hydrogen-bond donors (Lipinski definition) is 0. The first kappa shape index (κ1) is 12.3. The standard InChI is InChI=1S/C18H16S/c1-2-8-18(9-3-1)19-13-12-15-10-11-16-6-4-5-7-17(16)14-15/h1-11,14H,12-13H2. The molecular formula is C18H16S. The molecule has 19 heavy (non-hydrogen) atoms. The molecule has 0 radical (unpaired) electrons. The van der Waals surface area contributed by atoms with Crippen LogP contribution in [-0.4, -0.2) is 5.75 Å². The molecule has 0 bridgehead atoms. The Morgan fingerprint density at radius 2 is 1.42 bits per heavy atom. The van der Waals surface area contributed by atoms with Crippen LogP contribution < -0.4 is 0 Å². The number of rotatable bonds is 4. The number of thioether (sulfide) groups is 1. The maximum atomic E-state index is 2.31. The van der Waals surface area contributed by atoms with Crippen molar-refractivity contribution >= 4 is 22.5 Å². The minimum atomic E-state index is 1.12. The molecule has 0 nitrogen and oxygen atoms in total. The number of aryl methyl sites for hydroxylation is 1. The van der Waals surface area contributed by atoms with Gasteiger partial charge in [0.1, 0.15) is 0 Å². The molecule has 0 amide bonds. The van der Waals surface area contributed by atoms with E-state index in [0.29, 0.717) is 0 Å². The fraction of sp³-hybridized carbons (Fsp3) is 0.111. The predicted octanol–water partition coefficient (Wildman–Crippen LogP) is 5.17. The second-order valence-corrected chi connectivity index (χ2v) is 5.76. The minimum absolute atomic E-state index is 1.12. The SMILES string of the molecule is c1ccc(SCCc2ccc3ccccc3c2)cc1. The van der Waals surface area contributed by atoms with Gasteiger partial charge in [-0.1, -0.05) is 60.7 Å². The van der Waals surface area contributed by atoms with Crippen LogP contribution in [0, 0.1) is 0 Å². The van der Waals surface area contributed by atoms with E-state index in [1.165, 1.54) is 21.2 Å². The van der Waals surface area contributed by atoms with Crippen LogP contribution in [0.15, 0.2) is 77.7 Å². The van der Waals surface area contributed by atoms with Crippen LogP contribution >= 0.6 is 11.8 Å². The lowest BCUT2D eigenvalue weighted by molar-refractivity contribution is 1.16. The highest BCUT2D eigenvalue weighted by atomic mass is 32.2. The summed E-state index contributed by atoms with van der Waals surface area (Å²) in [5, 5.41) is 2.66. The van der Waals surface area contributed by atoms with E-state index in [9.17, 15) is 0 Å². The van der Waals surface area contributed by atoms with Crippen molar-refractivity contribution in [2.75, 3.05) is 5.75 Å². The van der Waals surface area contributed by atoms with Crippen molar-refractivity contribution in [3.63, 3.8) is 0 Å². The van der Waals surface area contributed by atoms with Crippen LogP contribution in [0.1, 0.15) is 5.56 Å². The van der Waals surface area contributed by atoms with Gasteiger partial charge in [0.15, 0.2) is 0 Å². The fourth-order valence-electron chi connectivity index (χ4n) is 2.20. The summed E-state index contributed by atoms with van der Waals surface area (Å²) in [6.45, 7) is 0. The zero-order chi connectivity index (χ0) is 12.9. The third-order valence-corrected chi connectivity index (χ3v) is 4.23. The normalized spacial score (nSPS) is 10.7. The molecule has 0 aliphatic carbocycles. The van der Waals surface area contributed by atoms with Crippen molar-refractivity contribution in [2.24, 2.45) is 0 Å². The molecule has 0 saturated carbocycles. The molecule has 0 saturated heterocycles. The van der Waals surface area contributed by atoms with E-state index in [1.54, 1.807) is 0 Å². The first-order valence-corrected chi connectivity index (χ1v) is 7.56. The van der Waals surface area contributed by atoms with Crippen molar-refractivity contribution in [2.45, 2.75) is 11.3 Å². The Hall–Kier alpha value is -1.73. The van der Waals surface area contributed by atoms with Crippen LogP contribution in [0.25, 0.3) is 10.8 Å². The number of benzene rings is 3. The van der Waals surface area contributed by atoms with Gasteiger partial charge in [-0.2, -0.15) is 0 Å². The molecule has 0 aromatic heterocycles. The zero-order valence-electron chi connectivity index (χ0n) is 10.8. The summed E-state index contributed by atoms with van der Waals surface area (Å²) in [7, 11) is 0. The third-order valence-electron chi connectivity index (χ3n) is 3.22. The topological polar surface area (TPSA) is 0 Å². The second-order valence-electron chi connectivity index (χ2n) is 4.59. The van der Waals surface area contributed by atoms with E-state index in [0.717, 1.165) is 12.2 Å². The lowest BCUT2D eigenvalue weighted by Gasteiger charge is -2.04. The van der Waals surface area contributed by atoms with Crippen LogP contribution in [0.4, 0.5) is 0 Å². The highest BCUT2D eigenvalue weighted by Crippen LogP contribution is 2.20. The van der Waals surface area contributed by atoms with Gasteiger partial charge in [-0.25, -0.2) is 0 Å². The van der Waals surface area contributed by atoms with Gasteiger partial charge in [0.25, 0.3) is 0 Å². The van der Waals surface area contributed by atoms with Crippen LogP contribution in [-0.2, 0) is 6.42 Å². The zero-order valence-corrected chi connectivity index (χ0v) is 11.6. The Bertz CT molecular complexity index is 659. The van der Waals surface area contributed by atoms with Gasteiger partial charge >= 0.3 is 0 Å². The van der Waals surface area contributed by atoms with E-state index >= 15 is 0 Å². The first-order valence-electron chi connectivity index (χ1n) is 6.57. The first-order chi connectivity index (χ1) is 9.42. The molecule has 0 heterocycles. The molecule has 0 spiro atoms. The largest absolute Gasteiger partial charge is 0.126 e. The summed E-state index contributed by atoms with van der Waals surface area (Å²) >= 11 is 1.92. The van der Waals surface area contributed by atoms with Gasteiger partial charge < -0.3 is 0 Å². The lowest BCUT2D eigenvalue weighted by atomic mass is 10.1. The van der Waals surface area contributed by atoms with Gasteiger partial charge in [-0.3, -0.25) is 0 Å². The summed E-state index contributed by atoms with van der Waals surface area (Å²) in [6, 6.07) is 25.9. The van der Waals surface area contributed by atoms with Gasteiger partial charge in [-0.15, -0.1) is 11.8 Å². The van der Waals surface area contributed by atoms with E-state index in [4.69, 9.17) is 0 Å². The van der Waals surface area contributed by atoms with E-state index < -0.39 is 0 Å². The highest BCUT2D eigenvalue weighted by Gasteiger charge is 1.98. The van der Waals surface area contributed by atoms with Crippen molar-refractivity contribution in [1.82, 2.24) is 0 Å². The van der Waals surface area contributed by atoms with Crippen molar-refractivity contribution in [3.8, 4) is 0 Å². The van der Waals surface area contributed by atoms with Gasteiger partial charge in [-0.05, 0) is 34.9 Å². The molecule has 0 atom stereocenters. The molecular weight excluding hydrogens is 248 g/mol. The Balaban J connectivity index is 1.65. The quantitative estimate of drug-likeness (QED) is 0.585. The smallest absolute Gasteiger partial charge is 0.00720 e. The minimum Gasteiger partial charge on any atom is -0.126 e. The molecule has 3 rings (SSSR count). The highest BCUT2D eigenvalue weighted by molar-refractivity contribution is 7.99. The third kappa shape index (κ3) is 3.18. The van der Waals surface area contributed by atoms with Gasteiger partial charge in [0, 0.05) is 10.6 Å². The Morgan fingerprint density at radius 3 is 2.26 bits per heavy atom.